The second kappa shape index (κ2) is 4.65. The second-order valence-corrected chi connectivity index (χ2v) is 3.85. The summed E-state index contributed by atoms with van der Waals surface area (Å²) in [5, 5.41) is 0.654. The fourth-order valence-electron chi connectivity index (χ4n) is 1.56. The van der Waals surface area contributed by atoms with Gasteiger partial charge in [-0.25, -0.2) is 9.78 Å². The summed E-state index contributed by atoms with van der Waals surface area (Å²) >= 11 is 3.38. The lowest BCUT2D eigenvalue weighted by Crippen LogP contribution is -2.05. The van der Waals surface area contributed by atoms with Crippen LogP contribution >= 0.6 is 15.9 Å². The number of carbonyl (C=O) groups excluding carboxylic acids is 1. The monoisotopic (exact) mass is 282 g/mol. The van der Waals surface area contributed by atoms with E-state index in [1.54, 1.807) is 25.4 Å². The van der Waals surface area contributed by atoms with Gasteiger partial charge in [0.1, 0.15) is 0 Å². The van der Waals surface area contributed by atoms with E-state index in [1.165, 1.54) is 0 Å². The van der Waals surface area contributed by atoms with E-state index < -0.39 is 0 Å². The van der Waals surface area contributed by atoms with Crippen LogP contribution in [-0.2, 0) is 10.1 Å². The van der Waals surface area contributed by atoms with Crippen LogP contribution in [0.2, 0.25) is 0 Å². The van der Waals surface area contributed by atoms with Crippen molar-refractivity contribution in [3.63, 3.8) is 0 Å². The van der Waals surface area contributed by atoms with Gasteiger partial charge < -0.3 is 9.72 Å². The highest BCUT2D eigenvalue weighted by Crippen LogP contribution is 2.20. The first-order chi connectivity index (χ1) is 7.76. The molecule has 0 saturated carbocycles. The molecule has 1 aromatic carbocycles. The summed E-state index contributed by atoms with van der Waals surface area (Å²) in [6, 6.07) is 3.56. The maximum atomic E-state index is 11.6. The highest BCUT2D eigenvalue weighted by atomic mass is 79.9. The Morgan fingerprint density at radius 2 is 2.38 bits per heavy atom. The van der Waals surface area contributed by atoms with Crippen LogP contribution in [0.3, 0.4) is 0 Å². The Labute approximate surface area is 101 Å². The van der Waals surface area contributed by atoms with Crippen LogP contribution in [0.25, 0.3) is 11.0 Å². The second-order valence-electron chi connectivity index (χ2n) is 3.29. The van der Waals surface area contributed by atoms with Gasteiger partial charge in [0.15, 0.2) is 0 Å². The van der Waals surface area contributed by atoms with Crippen molar-refractivity contribution < 1.29 is 9.53 Å². The topological polar surface area (TPSA) is 55.0 Å². The van der Waals surface area contributed by atoms with Crippen molar-refractivity contribution >= 4 is 32.9 Å². The Hall–Kier alpha value is -1.36. The molecule has 0 spiro atoms. The average Bonchev–Trinajstić information content (AvgIpc) is 2.75. The minimum Gasteiger partial charge on any atom is -0.462 e. The van der Waals surface area contributed by atoms with E-state index >= 15 is 0 Å². The van der Waals surface area contributed by atoms with Crippen LogP contribution in [0.15, 0.2) is 18.5 Å². The summed E-state index contributed by atoms with van der Waals surface area (Å²) < 4.78 is 4.96. The summed E-state index contributed by atoms with van der Waals surface area (Å²) in [6.45, 7) is 2.17. The highest BCUT2D eigenvalue weighted by molar-refractivity contribution is 9.08. The minimum absolute atomic E-state index is 0.304. The lowest BCUT2D eigenvalue weighted by atomic mass is 10.1. The van der Waals surface area contributed by atoms with Crippen LogP contribution in [-0.4, -0.2) is 22.5 Å². The number of nitrogens with one attached hydrogen (secondary N) is 1. The molecule has 2 rings (SSSR count). The lowest BCUT2D eigenvalue weighted by molar-refractivity contribution is 0.0526. The zero-order chi connectivity index (χ0) is 11.5. The standard InChI is InChI=1S/C11H11BrN2O2/c1-2-16-11(15)7-3-8(5-12)10-9(4-7)13-6-14-10/h3-4,6H,2,5H2,1H3,(H,13,14). The van der Waals surface area contributed by atoms with E-state index in [0.29, 0.717) is 17.5 Å². The number of fused-ring (bicyclic) bond motifs is 1. The number of benzene rings is 1. The maximum absolute atomic E-state index is 11.6. The third-order valence-electron chi connectivity index (χ3n) is 2.26. The molecule has 0 fully saturated rings. The van der Waals surface area contributed by atoms with Gasteiger partial charge in [-0.2, -0.15) is 0 Å². The Morgan fingerprint density at radius 3 is 3.06 bits per heavy atom. The van der Waals surface area contributed by atoms with Crippen molar-refractivity contribution in [2.45, 2.75) is 12.3 Å². The van der Waals surface area contributed by atoms with Crippen molar-refractivity contribution in [1.82, 2.24) is 9.97 Å². The number of rotatable bonds is 3. The third-order valence-corrected chi connectivity index (χ3v) is 2.86. The number of carbonyl (C=O) groups is 1. The molecule has 5 heteroatoms. The average molecular weight is 283 g/mol. The first-order valence-electron chi connectivity index (χ1n) is 4.95. The van der Waals surface area contributed by atoms with E-state index in [-0.39, 0.29) is 5.97 Å². The predicted octanol–water partition coefficient (Wildman–Crippen LogP) is 2.63. The Morgan fingerprint density at radius 1 is 1.56 bits per heavy atom. The quantitative estimate of drug-likeness (QED) is 0.696. The molecular formula is C11H11BrN2O2. The zero-order valence-electron chi connectivity index (χ0n) is 8.79. The lowest BCUT2D eigenvalue weighted by Gasteiger charge is -2.04. The van der Waals surface area contributed by atoms with Crippen LogP contribution in [0.4, 0.5) is 0 Å². The van der Waals surface area contributed by atoms with Crippen LogP contribution in [0.5, 0.6) is 0 Å². The van der Waals surface area contributed by atoms with Gasteiger partial charge in [0.2, 0.25) is 0 Å². The largest absolute Gasteiger partial charge is 0.462 e. The predicted molar refractivity (Wildman–Crippen MR) is 64.7 cm³/mol. The number of esters is 1. The fraction of sp³-hybridized carbons (Fsp3) is 0.273. The third kappa shape index (κ3) is 1.95. The summed E-state index contributed by atoms with van der Waals surface area (Å²) in [4.78, 5) is 18.8. The molecule has 4 nitrogen and oxygen atoms in total. The van der Waals surface area contributed by atoms with Crippen molar-refractivity contribution in [2.24, 2.45) is 0 Å². The first-order valence-corrected chi connectivity index (χ1v) is 6.07. The summed E-state index contributed by atoms with van der Waals surface area (Å²) in [5.74, 6) is -0.304. The van der Waals surface area contributed by atoms with Crippen LogP contribution in [0.1, 0.15) is 22.8 Å². The number of alkyl halides is 1. The zero-order valence-corrected chi connectivity index (χ0v) is 10.4. The van der Waals surface area contributed by atoms with Gasteiger partial charge in [-0.1, -0.05) is 15.9 Å². The van der Waals surface area contributed by atoms with E-state index in [2.05, 4.69) is 25.9 Å². The number of aromatic amines is 1. The van der Waals surface area contributed by atoms with Gasteiger partial charge in [0, 0.05) is 5.33 Å². The molecular weight excluding hydrogens is 272 g/mol. The van der Waals surface area contributed by atoms with E-state index in [0.717, 1.165) is 16.6 Å². The molecule has 0 aliphatic heterocycles. The molecule has 0 unspecified atom stereocenters. The molecule has 16 heavy (non-hydrogen) atoms. The summed E-state index contributed by atoms with van der Waals surface area (Å²) in [6.07, 6.45) is 1.62. The summed E-state index contributed by atoms with van der Waals surface area (Å²) in [7, 11) is 0. The van der Waals surface area contributed by atoms with E-state index in [9.17, 15) is 4.79 Å². The number of imidazole rings is 1. The van der Waals surface area contributed by atoms with Crippen molar-refractivity contribution in [1.29, 1.82) is 0 Å². The molecule has 0 saturated heterocycles. The number of hydrogen-bond acceptors (Lipinski definition) is 3. The Kier molecular flexibility index (Phi) is 3.24. The minimum atomic E-state index is -0.304. The van der Waals surface area contributed by atoms with Crippen LogP contribution < -0.4 is 0 Å². The van der Waals surface area contributed by atoms with Gasteiger partial charge >= 0.3 is 5.97 Å². The molecule has 0 atom stereocenters. The van der Waals surface area contributed by atoms with Crippen LogP contribution in [0, 0.1) is 0 Å². The number of ether oxygens (including phenoxy) is 1. The number of nitrogens with zero attached hydrogens (tertiary/aromatic N) is 1. The Balaban J connectivity index is 2.51. The van der Waals surface area contributed by atoms with Crippen molar-refractivity contribution in [3.05, 3.63) is 29.6 Å². The maximum Gasteiger partial charge on any atom is 0.338 e. The molecule has 0 aliphatic carbocycles. The van der Waals surface area contributed by atoms with Gasteiger partial charge in [0.25, 0.3) is 0 Å². The smallest absolute Gasteiger partial charge is 0.338 e. The molecule has 0 bridgehead atoms. The summed E-state index contributed by atoms with van der Waals surface area (Å²) in [5.41, 5.74) is 3.25. The van der Waals surface area contributed by atoms with E-state index in [1.807, 2.05) is 0 Å². The molecule has 1 heterocycles. The van der Waals surface area contributed by atoms with Crippen molar-refractivity contribution in [3.8, 4) is 0 Å². The van der Waals surface area contributed by atoms with E-state index in [4.69, 9.17) is 4.74 Å². The molecule has 84 valence electrons. The fourth-order valence-corrected chi connectivity index (χ4v) is 1.98. The molecule has 1 aromatic heterocycles. The van der Waals surface area contributed by atoms with Gasteiger partial charge in [-0.3, -0.25) is 0 Å². The molecule has 2 aromatic rings. The molecule has 0 aliphatic rings. The van der Waals surface area contributed by atoms with Gasteiger partial charge in [0.05, 0.1) is 29.5 Å². The van der Waals surface area contributed by atoms with Gasteiger partial charge in [-0.15, -0.1) is 0 Å². The molecule has 0 radical (unpaired) electrons. The number of H-pyrrole nitrogens is 1. The highest BCUT2D eigenvalue weighted by Gasteiger charge is 2.11. The SMILES string of the molecule is CCOC(=O)c1cc(CBr)c2nc[nH]c2c1. The van der Waals surface area contributed by atoms with Crippen molar-refractivity contribution in [2.75, 3.05) is 6.61 Å². The molecule has 1 N–H and O–H groups in total. The Bertz CT molecular complexity index is 522. The first kappa shape index (κ1) is 11.1. The number of aromatic nitrogens is 2. The number of hydrogen-bond donors (Lipinski definition) is 1. The molecule has 0 amide bonds. The normalized spacial score (nSPS) is 10.6. The van der Waals surface area contributed by atoms with Gasteiger partial charge in [-0.05, 0) is 24.6 Å². The number of halogens is 1.